The number of nitrogens with zero attached hydrogens (tertiary/aromatic N) is 2. The Morgan fingerprint density at radius 2 is 2.40 bits per heavy atom. The van der Waals surface area contributed by atoms with E-state index in [4.69, 9.17) is 0 Å². The van der Waals surface area contributed by atoms with Crippen LogP contribution in [0.4, 0.5) is 0 Å². The predicted molar refractivity (Wildman–Crippen MR) is 80.3 cm³/mol. The van der Waals surface area contributed by atoms with Crippen molar-refractivity contribution in [1.29, 1.82) is 0 Å². The highest BCUT2D eigenvalue weighted by Crippen LogP contribution is 2.16. The van der Waals surface area contributed by atoms with Crippen LogP contribution >= 0.6 is 11.3 Å². The van der Waals surface area contributed by atoms with Crippen molar-refractivity contribution < 1.29 is 4.79 Å². The fourth-order valence-electron chi connectivity index (χ4n) is 2.61. The minimum absolute atomic E-state index is 0.0210. The number of nitrogens with one attached hydrogen (secondary N) is 1. The summed E-state index contributed by atoms with van der Waals surface area (Å²) in [7, 11) is 0. The SMILES string of the molecule is Cc1sccc1C(=O)NCCc1cn2c(n1)CCCC2. The highest BCUT2D eigenvalue weighted by Gasteiger charge is 2.13. The lowest BCUT2D eigenvalue weighted by atomic mass is 10.2. The number of thiophene rings is 1. The predicted octanol–water partition coefficient (Wildman–Crippen LogP) is 2.56. The van der Waals surface area contributed by atoms with Crippen molar-refractivity contribution in [1.82, 2.24) is 14.9 Å². The first kappa shape index (κ1) is 13.4. The average Bonchev–Trinajstić information content (AvgIpc) is 3.04. The monoisotopic (exact) mass is 289 g/mol. The van der Waals surface area contributed by atoms with Crippen LogP contribution in [-0.2, 0) is 19.4 Å². The fraction of sp³-hybridized carbons (Fsp3) is 0.467. The highest BCUT2D eigenvalue weighted by atomic mass is 32.1. The van der Waals surface area contributed by atoms with E-state index in [1.54, 1.807) is 11.3 Å². The Hall–Kier alpha value is -1.62. The van der Waals surface area contributed by atoms with E-state index in [2.05, 4.69) is 21.1 Å². The molecule has 1 aliphatic heterocycles. The van der Waals surface area contributed by atoms with Gasteiger partial charge in [0.25, 0.3) is 5.91 Å². The second-order valence-electron chi connectivity index (χ2n) is 5.20. The number of fused-ring (bicyclic) bond motifs is 1. The Bertz CT molecular complexity index is 591. The molecule has 4 nitrogen and oxygen atoms in total. The fourth-order valence-corrected chi connectivity index (χ4v) is 3.31. The lowest BCUT2D eigenvalue weighted by molar-refractivity contribution is 0.0954. The van der Waals surface area contributed by atoms with Crippen molar-refractivity contribution in [3.63, 3.8) is 0 Å². The molecule has 0 spiro atoms. The summed E-state index contributed by atoms with van der Waals surface area (Å²) in [6.45, 7) is 3.70. The van der Waals surface area contributed by atoms with Crippen LogP contribution in [0.1, 0.15) is 39.6 Å². The van der Waals surface area contributed by atoms with Gasteiger partial charge in [-0.25, -0.2) is 4.98 Å². The van der Waals surface area contributed by atoms with Gasteiger partial charge in [0.05, 0.1) is 11.3 Å². The van der Waals surface area contributed by atoms with Gasteiger partial charge in [0.15, 0.2) is 0 Å². The molecule has 0 bridgehead atoms. The molecule has 1 N–H and O–H groups in total. The number of aromatic nitrogens is 2. The van der Waals surface area contributed by atoms with E-state index in [0.717, 1.165) is 35.5 Å². The quantitative estimate of drug-likeness (QED) is 0.940. The first-order chi connectivity index (χ1) is 9.74. The minimum atomic E-state index is 0.0210. The second kappa shape index (κ2) is 5.79. The lowest BCUT2D eigenvalue weighted by Crippen LogP contribution is -2.25. The van der Waals surface area contributed by atoms with Crippen LogP contribution in [0.3, 0.4) is 0 Å². The Kier molecular flexibility index (Phi) is 3.87. The molecule has 20 heavy (non-hydrogen) atoms. The molecule has 2 aromatic heterocycles. The van der Waals surface area contributed by atoms with E-state index in [9.17, 15) is 4.79 Å². The molecule has 5 heteroatoms. The Morgan fingerprint density at radius 3 is 3.15 bits per heavy atom. The van der Waals surface area contributed by atoms with Gasteiger partial charge in [0.1, 0.15) is 5.82 Å². The number of carbonyl (C=O) groups excluding carboxylic acids is 1. The standard InChI is InChI=1S/C15H19N3OS/c1-11-13(6-9-20-11)15(19)16-7-5-12-10-18-8-3-2-4-14(18)17-12/h6,9-10H,2-5,7-8H2,1H3,(H,16,19). The zero-order valence-corrected chi connectivity index (χ0v) is 12.5. The van der Waals surface area contributed by atoms with Crippen molar-refractivity contribution in [3.8, 4) is 0 Å². The molecule has 0 saturated carbocycles. The van der Waals surface area contributed by atoms with Crippen LogP contribution in [0, 0.1) is 6.92 Å². The molecule has 0 unspecified atom stereocenters. The Morgan fingerprint density at radius 1 is 1.50 bits per heavy atom. The van der Waals surface area contributed by atoms with E-state index >= 15 is 0 Å². The zero-order valence-electron chi connectivity index (χ0n) is 11.7. The summed E-state index contributed by atoms with van der Waals surface area (Å²) in [5.41, 5.74) is 1.88. The lowest BCUT2D eigenvalue weighted by Gasteiger charge is -2.11. The molecule has 2 aromatic rings. The number of rotatable bonds is 4. The van der Waals surface area contributed by atoms with Gasteiger partial charge >= 0.3 is 0 Å². The van der Waals surface area contributed by atoms with Crippen molar-refractivity contribution in [2.75, 3.05) is 6.54 Å². The van der Waals surface area contributed by atoms with Gasteiger partial charge in [-0.1, -0.05) is 0 Å². The van der Waals surface area contributed by atoms with Crippen molar-refractivity contribution in [3.05, 3.63) is 39.6 Å². The molecule has 3 heterocycles. The van der Waals surface area contributed by atoms with Crippen LogP contribution in [-0.4, -0.2) is 22.0 Å². The third-order valence-corrected chi connectivity index (χ3v) is 4.57. The van der Waals surface area contributed by atoms with Gasteiger partial charge in [-0.05, 0) is 31.2 Å². The van der Waals surface area contributed by atoms with Crippen molar-refractivity contribution in [2.45, 2.75) is 39.2 Å². The molecule has 1 amide bonds. The van der Waals surface area contributed by atoms with Gasteiger partial charge in [0, 0.05) is 37.0 Å². The van der Waals surface area contributed by atoms with Crippen LogP contribution in [0.5, 0.6) is 0 Å². The van der Waals surface area contributed by atoms with Gasteiger partial charge in [-0.2, -0.15) is 0 Å². The third-order valence-electron chi connectivity index (χ3n) is 3.73. The highest BCUT2D eigenvalue weighted by molar-refractivity contribution is 7.10. The van der Waals surface area contributed by atoms with E-state index in [0.29, 0.717) is 6.54 Å². The number of aryl methyl sites for hydroxylation is 3. The van der Waals surface area contributed by atoms with Gasteiger partial charge in [-0.15, -0.1) is 11.3 Å². The summed E-state index contributed by atoms with van der Waals surface area (Å²) in [5.74, 6) is 1.22. The molecule has 0 atom stereocenters. The molecule has 1 aliphatic rings. The third kappa shape index (κ3) is 2.77. The zero-order chi connectivity index (χ0) is 13.9. The molecule has 0 fully saturated rings. The number of imidazole rings is 1. The van der Waals surface area contributed by atoms with E-state index < -0.39 is 0 Å². The number of hydrogen-bond donors (Lipinski definition) is 1. The summed E-state index contributed by atoms with van der Waals surface area (Å²) in [5, 5.41) is 4.93. The van der Waals surface area contributed by atoms with Crippen LogP contribution in [0.15, 0.2) is 17.6 Å². The summed E-state index contributed by atoms with van der Waals surface area (Å²) in [6.07, 6.45) is 6.51. The summed E-state index contributed by atoms with van der Waals surface area (Å²) < 4.78 is 2.25. The molecule has 0 radical (unpaired) electrons. The van der Waals surface area contributed by atoms with E-state index in [1.807, 2.05) is 18.4 Å². The van der Waals surface area contributed by atoms with Crippen molar-refractivity contribution >= 4 is 17.2 Å². The Balaban J connectivity index is 1.54. The minimum Gasteiger partial charge on any atom is -0.352 e. The van der Waals surface area contributed by atoms with Crippen LogP contribution < -0.4 is 5.32 Å². The van der Waals surface area contributed by atoms with Gasteiger partial charge < -0.3 is 9.88 Å². The number of hydrogen-bond acceptors (Lipinski definition) is 3. The van der Waals surface area contributed by atoms with Crippen LogP contribution in [0.25, 0.3) is 0 Å². The molecule has 0 aromatic carbocycles. The van der Waals surface area contributed by atoms with Crippen molar-refractivity contribution in [2.24, 2.45) is 0 Å². The smallest absolute Gasteiger partial charge is 0.252 e. The molecule has 0 aliphatic carbocycles. The van der Waals surface area contributed by atoms with E-state index in [1.165, 1.54) is 18.7 Å². The molecule has 3 rings (SSSR count). The van der Waals surface area contributed by atoms with Gasteiger partial charge in [-0.3, -0.25) is 4.79 Å². The second-order valence-corrected chi connectivity index (χ2v) is 6.32. The summed E-state index contributed by atoms with van der Waals surface area (Å²) >= 11 is 1.60. The maximum atomic E-state index is 12.0. The summed E-state index contributed by atoms with van der Waals surface area (Å²) in [4.78, 5) is 17.7. The number of carbonyl (C=O) groups is 1. The largest absolute Gasteiger partial charge is 0.352 e. The first-order valence-corrected chi connectivity index (χ1v) is 7.99. The molecule has 106 valence electrons. The first-order valence-electron chi connectivity index (χ1n) is 7.11. The molecular formula is C15H19N3OS. The number of amides is 1. The van der Waals surface area contributed by atoms with E-state index in [-0.39, 0.29) is 5.91 Å². The average molecular weight is 289 g/mol. The molecular weight excluding hydrogens is 270 g/mol. The summed E-state index contributed by atoms with van der Waals surface area (Å²) in [6, 6.07) is 1.88. The maximum Gasteiger partial charge on any atom is 0.252 e. The van der Waals surface area contributed by atoms with Gasteiger partial charge in [0.2, 0.25) is 0 Å². The topological polar surface area (TPSA) is 46.9 Å². The van der Waals surface area contributed by atoms with Crippen LogP contribution in [0.2, 0.25) is 0 Å². The Labute approximate surface area is 122 Å². The normalized spacial score (nSPS) is 14.1. The maximum absolute atomic E-state index is 12.0. The molecule has 0 saturated heterocycles.